The van der Waals surface area contributed by atoms with Crippen LogP contribution in [0.3, 0.4) is 0 Å². The number of hydrogen-bond donors (Lipinski definition) is 1. The highest BCUT2D eigenvalue weighted by Crippen LogP contribution is 2.04. The van der Waals surface area contributed by atoms with Gasteiger partial charge in [0.2, 0.25) is 5.91 Å². The molecule has 4 nitrogen and oxygen atoms in total. The van der Waals surface area contributed by atoms with Crippen LogP contribution in [0.25, 0.3) is 0 Å². The predicted molar refractivity (Wildman–Crippen MR) is 63.6 cm³/mol. The van der Waals surface area contributed by atoms with Crippen LogP contribution < -0.4 is 5.73 Å². The standard InChI is InChI=1S/C11H25N3O/c1-9(2)10(12)8-11(15)14(5)7-6-13(3)4/h9-10H,6-8,12H2,1-5H3. The average Bonchev–Trinajstić information content (AvgIpc) is 2.13. The van der Waals surface area contributed by atoms with Crippen LogP contribution in [0.4, 0.5) is 0 Å². The highest BCUT2D eigenvalue weighted by molar-refractivity contribution is 5.76. The first-order chi connectivity index (χ1) is 6.84. The molecule has 0 saturated carbocycles. The van der Waals surface area contributed by atoms with Gasteiger partial charge >= 0.3 is 0 Å². The smallest absolute Gasteiger partial charge is 0.223 e. The van der Waals surface area contributed by atoms with Crippen LogP contribution in [0.15, 0.2) is 0 Å². The molecule has 0 aliphatic heterocycles. The Labute approximate surface area is 93.4 Å². The van der Waals surface area contributed by atoms with Gasteiger partial charge in [-0.1, -0.05) is 13.8 Å². The Morgan fingerprint density at radius 3 is 2.13 bits per heavy atom. The Bertz CT molecular complexity index is 192. The van der Waals surface area contributed by atoms with Crippen LogP contribution in [0.1, 0.15) is 20.3 Å². The van der Waals surface area contributed by atoms with Gasteiger partial charge in [0.05, 0.1) is 0 Å². The number of carbonyl (C=O) groups excluding carboxylic acids is 1. The maximum Gasteiger partial charge on any atom is 0.223 e. The number of nitrogens with two attached hydrogens (primary N) is 1. The van der Waals surface area contributed by atoms with Crippen molar-refractivity contribution < 1.29 is 4.79 Å². The number of rotatable bonds is 6. The largest absolute Gasteiger partial charge is 0.344 e. The van der Waals surface area contributed by atoms with Gasteiger partial charge in [0.15, 0.2) is 0 Å². The van der Waals surface area contributed by atoms with Crippen molar-refractivity contribution in [2.45, 2.75) is 26.3 Å². The summed E-state index contributed by atoms with van der Waals surface area (Å²) in [5.41, 5.74) is 5.85. The van der Waals surface area contributed by atoms with Gasteiger partial charge in [0.1, 0.15) is 0 Å². The Morgan fingerprint density at radius 2 is 1.73 bits per heavy atom. The molecular weight excluding hydrogens is 190 g/mol. The lowest BCUT2D eigenvalue weighted by atomic mass is 10.0. The second kappa shape index (κ2) is 6.80. The van der Waals surface area contributed by atoms with E-state index in [0.717, 1.165) is 13.1 Å². The van der Waals surface area contributed by atoms with Gasteiger partial charge in [-0.15, -0.1) is 0 Å². The maximum atomic E-state index is 11.7. The Morgan fingerprint density at radius 1 is 1.20 bits per heavy atom. The van der Waals surface area contributed by atoms with Gasteiger partial charge in [-0.25, -0.2) is 0 Å². The van der Waals surface area contributed by atoms with E-state index in [4.69, 9.17) is 5.73 Å². The van der Waals surface area contributed by atoms with E-state index in [1.54, 1.807) is 4.90 Å². The Balaban J connectivity index is 3.88. The summed E-state index contributed by atoms with van der Waals surface area (Å²) < 4.78 is 0. The Kier molecular flexibility index (Phi) is 6.52. The summed E-state index contributed by atoms with van der Waals surface area (Å²) in [6.45, 7) is 5.73. The maximum absolute atomic E-state index is 11.7. The van der Waals surface area contributed by atoms with Crippen molar-refractivity contribution in [1.82, 2.24) is 9.80 Å². The van der Waals surface area contributed by atoms with E-state index in [-0.39, 0.29) is 11.9 Å². The summed E-state index contributed by atoms with van der Waals surface area (Å²) in [4.78, 5) is 15.5. The number of amides is 1. The molecule has 15 heavy (non-hydrogen) atoms. The SMILES string of the molecule is CC(C)C(N)CC(=O)N(C)CCN(C)C. The van der Waals surface area contributed by atoms with E-state index in [0.29, 0.717) is 12.3 Å². The minimum atomic E-state index is -0.0284. The van der Waals surface area contributed by atoms with Crippen LogP contribution in [0, 0.1) is 5.92 Å². The summed E-state index contributed by atoms with van der Waals surface area (Å²) in [5.74, 6) is 0.495. The predicted octanol–water partition coefficient (Wildman–Crippen LogP) is 0.380. The molecule has 0 aliphatic rings. The lowest BCUT2D eigenvalue weighted by Gasteiger charge is -2.22. The second-order valence-electron chi connectivity index (χ2n) is 4.73. The molecule has 0 radical (unpaired) electrons. The molecule has 0 rings (SSSR count). The molecular formula is C11H25N3O. The third-order valence-corrected chi connectivity index (χ3v) is 2.58. The van der Waals surface area contributed by atoms with Crippen molar-refractivity contribution >= 4 is 5.91 Å². The van der Waals surface area contributed by atoms with E-state index in [2.05, 4.69) is 4.90 Å². The van der Waals surface area contributed by atoms with Crippen molar-refractivity contribution in [2.24, 2.45) is 11.7 Å². The van der Waals surface area contributed by atoms with Crippen molar-refractivity contribution in [1.29, 1.82) is 0 Å². The quantitative estimate of drug-likeness (QED) is 0.697. The van der Waals surface area contributed by atoms with Gasteiger partial charge in [-0.05, 0) is 20.0 Å². The average molecular weight is 215 g/mol. The van der Waals surface area contributed by atoms with E-state index < -0.39 is 0 Å². The third kappa shape index (κ3) is 6.47. The summed E-state index contributed by atoms with van der Waals surface area (Å²) >= 11 is 0. The fourth-order valence-corrected chi connectivity index (χ4v) is 1.07. The molecule has 0 aromatic carbocycles. The number of likely N-dealkylation sites (N-methyl/N-ethyl adjacent to an activating group) is 2. The van der Waals surface area contributed by atoms with Crippen LogP contribution >= 0.6 is 0 Å². The molecule has 4 heteroatoms. The molecule has 0 aromatic heterocycles. The van der Waals surface area contributed by atoms with Gasteiger partial charge in [0, 0.05) is 32.6 Å². The fraction of sp³-hybridized carbons (Fsp3) is 0.909. The second-order valence-corrected chi connectivity index (χ2v) is 4.73. The first kappa shape index (κ1) is 14.4. The topological polar surface area (TPSA) is 49.6 Å². The molecule has 0 aliphatic carbocycles. The molecule has 1 amide bonds. The third-order valence-electron chi connectivity index (χ3n) is 2.58. The summed E-state index contributed by atoms with van der Waals surface area (Å²) in [5, 5.41) is 0. The number of hydrogen-bond acceptors (Lipinski definition) is 3. The molecule has 0 heterocycles. The monoisotopic (exact) mass is 215 g/mol. The molecule has 90 valence electrons. The minimum absolute atomic E-state index is 0.0284. The van der Waals surface area contributed by atoms with E-state index in [1.165, 1.54) is 0 Å². The highest BCUT2D eigenvalue weighted by atomic mass is 16.2. The summed E-state index contributed by atoms with van der Waals surface area (Å²) in [7, 11) is 5.83. The van der Waals surface area contributed by atoms with Crippen molar-refractivity contribution in [3.8, 4) is 0 Å². The number of nitrogens with zero attached hydrogens (tertiary/aromatic N) is 2. The number of carbonyl (C=O) groups is 1. The zero-order chi connectivity index (χ0) is 12.0. The molecule has 1 unspecified atom stereocenters. The molecule has 0 bridgehead atoms. The summed E-state index contributed by atoms with van der Waals surface area (Å²) in [6.07, 6.45) is 0.446. The van der Waals surface area contributed by atoms with Crippen molar-refractivity contribution in [2.75, 3.05) is 34.2 Å². The molecule has 0 fully saturated rings. The Hall–Kier alpha value is -0.610. The van der Waals surface area contributed by atoms with Gasteiger partial charge < -0.3 is 15.5 Å². The lowest BCUT2D eigenvalue weighted by Crippen LogP contribution is -2.38. The first-order valence-electron chi connectivity index (χ1n) is 5.48. The molecule has 0 aromatic rings. The van der Waals surface area contributed by atoms with Crippen LogP contribution in [-0.4, -0.2) is 56.0 Å². The van der Waals surface area contributed by atoms with Crippen LogP contribution in [-0.2, 0) is 4.79 Å². The van der Waals surface area contributed by atoms with Gasteiger partial charge in [-0.2, -0.15) is 0 Å². The van der Waals surface area contributed by atoms with Crippen LogP contribution in [0.5, 0.6) is 0 Å². The molecule has 0 spiro atoms. The fourth-order valence-electron chi connectivity index (χ4n) is 1.07. The molecule has 1 atom stereocenters. The lowest BCUT2D eigenvalue weighted by molar-refractivity contribution is -0.130. The van der Waals surface area contributed by atoms with Gasteiger partial charge in [0.25, 0.3) is 0 Å². The highest BCUT2D eigenvalue weighted by Gasteiger charge is 2.15. The van der Waals surface area contributed by atoms with Gasteiger partial charge in [-0.3, -0.25) is 4.79 Å². The normalized spacial score (nSPS) is 13.3. The van der Waals surface area contributed by atoms with Crippen molar-refractivity contribution in [3.63, 3.8) is 0 Å². The summed E-state index contributed by atoms with van der Waals surface area (Å²) in [6, 6.07) is -0.0284. The zero-order valence-corrected chi connectivity index (χ0v) is 10.7. The van der Waals surface area contributed by atoms with E-state index in [1.807, 2.05) is 35.0 Å². The zero-order valence-electron chi connectivity index (χ0n) is 10.7. The van der Waals surface area contributed by atoms with Crippen molar-refractivity contribution in [3.05, 3.63) is 0 Å². The molecule has 0 saturated heterocycles. The molecule has 2 N–H and O–H groups in total. The first-order valence-corrected chi connectivity index (χ1v) is 5.48. The van der Waals surface area contributed by atoms with Crippen LogP contribution in [0.2, 0.25) is 0 Å². The minimum Gasteiger partial charge on any atom is -0.344 e. The van der Waals surface area contributed by atoms with E-state index >= 15 is 0 Å². The van der Waals surface area contributed by atoms with E-state index in [9.17, 15) is 4.79 Å².